The third kappa shape index (κ3) is 3.87. The number of amides is 1. The minimum atomic E-state index is -0.817. The summed E-state index contributed by atoms with van der Waals surface area (Å²) in [7, 11) is 0. The first-order valence-corrected chi connectivity index (χ1v) is 9.25. The van der Waals surface area contributed by atoms with E-state index in [1.54, 1.807) is 31.2 Å². The molecule has 2 aromatic carbocycles. The molecule has 1 aliphatic carbocycles. The van der Waals surface area contributed by atoms with E-state index in [1.807, 2.05) is 6.92 Å². The number of carbonyl (C=O) groups is 4. The van der Waals surface area contributed by atoms with E-state index >= 15 is 0 Å². The molecular formula is C23H21NO5. The Balaban J connectivity index is 1.85. The van der Waals surface area contributed by atoms with Crippen molar-refractivity contribution in [3.05, 3.63) is 82.4 Å². The average molecular weight is 391 g/mol. The molecule has 0 heterocycles. The number of carbonyl (C=O) groups excluding carboxylic acids is 4. The lowest BCUT2D eigenvalue weighted by molar-refractivity contribution is -0.133. The smallest absolute Gasteiger partial charge is 0.339 e. The number of benzene rings is 2. The van der Waals surface area contributed by atoms with E-state index < -0.39 is 18.4 Å². The zero-order chi connectivity index (χ0) is 21.1. The van der Waals surface area contributed by atoms with Gasteiger partial charge in [0.05, 0.1) is 5.56 Å². The fourth-order valence-corrected chi connectivity index (χ4v) is 3.31. The second kappa shape index (κ2) is 8.22. The van der Waals surface area contributed by atoms with Crippen LogP contribution in [-0.2, 0) is 9.53 Å². The Bertz CT molecular complexity index is 1040. The van der Waals surface area contributed by atoms with Gasteiger partial charge >= 0.3 is 5.97 Å². The lowest BCUT2D eigenvalue weighted by Crippen LogP contribution is -2.35. The highest BCUT2D eigenvalue weighted by Crippen LogP contribution is 2.29. The Morgan fingerprint density at radius 3 is 2.21 bits per heavy atom. The maximum Gasteiger partial charge on any atom is 0.339 e. The number of esters is 1. The molecule has 0 bridgehead atoms. The van der Waals surface area contributed by atoms with Gasteiger partial charge in [-0.05, 0) is 19.9 Å². The van der Waals surface area contributed by atoms with Gasteiger partial charge in [-0.3, -0.25) is 14.4 Å². The molecule has 29 heavy (non-hydrogen) atoms. The molecule has 0 radical (unpaired) electrons. The Morgan fingerprint density at radius 1 is 0.966 bits per heavy atom. The van der Waals surface area contributed by atoms with E-state index in [-0.39, 0.29) is 33.9 Å². The second-order valence-electron chi connectivity index (χ2n) is 6.87. The summed E-state index contributed by atoms with van der Waals surface area (Å²) in [4.78, 5) is 52.2. The number of hydrogen-bond acceptors (Lipinski definition) is 5. The quantitative estimate of drug-likeness (QED) is 0.477. The van der Waals surface area contributed by atoms with Crippen molar-refractivity contribution in [2.45, 2.75) is 13.8 Å². The Labute approximate surface area is 168 Å². The lowest BCUT2D eigenvalue weighted by atomic mass is 9.82. The molecule has 148 valence electrons. The third-order valence-electron chi connectivity index (χ3n) is 4.69. The summed E-state index contributed by atoms with van der Waals surface area (Å²) in [6, 6.07) is 11.0. The molecule has 2 aromatic rings. The van der Waals surface area contributed by atoms with Crippen LogP contribution in [0.3, 0.4) is 0 Å². The SMILES string of the molecule is C=C(C)CN(CC)C(=O)COC(=O)c1cccc2c1C(=O)c1ccccc1C2=O. The van der Waals surface area contributed by atoms with Gasteiger partial charge in [-0.2, -0.15) is 0 Å². The standard InChI is InChI=1S/C23H21NO5/c1-4-24(12-14(2)3)19(25)13-29-23(28)18-11-7-10-17-20(18)22(27)16-9-6-5-8-15(16)21(17)26/h5-11H,2,4,12-13H2,1,3H3. The van der Waals surface area contributed by atoms with Crippen LogP contribution in [0.1, 0.15) is 56.0 Å². The monoisotopic (exact) mass is 391 g/mol. The van der Waals surface area contributed by atoms with E-state index in [4.69, 9.17) is 4.74 Å². The zero-order valence-electron chi connectivity index (χ0n) is 16.4. The minimum absolute atomic E-state index is 0.0166. The summed E-state index contributed by atoms with van der Waals surface area (Å²) in [5.74, 6) is -1.91. The molecule has 0 aliphatic heterocycles. The Morgan fingerprint density at radius 2 is 1.59 bits per heavy atom. The molecule has 1 amide bonds. The molecule has 0 saturated heterocycles. The van der Waals surface area contributed by atoms with Crippen LogP contribution in [0.2, 0.25) is 0 Å². The molecule has 0 spiro atoms. The highest BCUT2D eigenvalue weighted by molar-refractivity contribution is 6.30. The van der Waals surface area contributed by atoms with Crippen LogP contribution >= 0.6 is 0 Å². The normalized spacial score (nSPS) is 12.1. The van der Waals surface area contributed by atoms with Gasteiger partial charge in [0.25, 0.3) is 5.91 Å². The summed E-state index contributed by atoms with van der Waals surface area (Å²) < 4.78 is 5.17. The first-order valence-electron chi connectivity index (χ1n) is 9.25. The van der Waals surface area contributed by atoms with Crippen LogP contribution in [0, 0.1) is 0 Å². The van der Waals surface area contributed by atoms with Crippen molar-refractivity contribution < 1.29 is 23.9 Å². The van der Waals surface area contributed by atoms with Gasteiger partial charge < -0.3 is 9.64 Å². The third-order valence-corrected chi connectivity index (χ3v) is 4.69. The number of likely N-dealkylation sites (N-methyl/N-ethyl adjacent to an activating group) is 1. The number of ether oxygens (including phenoxy) is 1. The number of nitrogens with zero attached hydrogens (tertiary/aromatic N) is 1. The van der Waals surface area contributed by atoms with E-state index in [0.29, 0.717) is 18.7 Å². The summed E-state index contributed by atoms with van der Waals surface area (Å²) in [6.07, 6.45) is 0. The van der Waals surface area contributed by atoms with Crippen molar-refractivity contribution in [1.29, 1.82) is 0 Å². The number of ketones is 2. The Hall–Kier alpha value is -3.54. The average Bonchev–Trinajstić information content (AvgIpc) is 2.73. The largest absolute Gasteiger partial charge is 0.452 e. The molecule has 6 heteroatoms. The van der Waals surface area contributed by atoms with Gasteiger partial charge in [0.2, 0.25) is 0 Å². The van der Waals surface area contributed by atoms with E-state index in [1.165, 1.54) is 23.1 Å². The van der Waals surface area contributed by atoms with Crippen molar-refractivity contribution in [2.24, 2.45) is 0 Å². The summed E-state index contributed by atoms with van der Waals surface area (Å²) in [5.41, 5.74) is 1.52. The minimum Gasteiger partial charge on any atom is -0.452 e. The number of fused-ring (bicyclic) bond motifs is 2. The van der Waals surface area contributed by atoms with Crippen molar-refractivity contribution in [3.63, 3.8) is 0 Å². The zero-order valence-corrected chi connectivity index (χ0v) is 16.4. The van der Waals surface area contributed by atoms with Gasteiger partial charge in [-0.25, -0.2) is 4.79 Å². The highest BCUT2D eigenvalue weighted by atomic mass is 16.5. The second-order valence-corrected chi connectivity index (χ2v) is 6.87. The van der Waals surface area contributed by atoms with Crippen LogP contribution < -0.4 is 0 Å². The van der Waals surface area contributed by atoms with E-state index in [0.717, 1.165) is 5.57 Å². The van der Waals surface area contributed by atoms with Crippen molar-refractivity contribution in [1.82, 2.24) is 4.90 Å². The first kappa shape index (κ1) is 20.2. The fourth-order valence-electron chi connectivity index (χ4n) is 3.31. The fraction of sp³-hybridized carbons (Fsp3) is 0.217. The predicted molar refractivity (Wildman–Crippen MR) is 107 cm³/mol. The summed E-state index contributed by atoms with van der Waals surface area (Å²) in [5, 5.41) is 0. The van der Waals surface area contributed by atoms with Crippen molar-refractivity contribution in [3.8, 4) is 0 Å². The highest BCUT2D eigenvalue weighted by Gasteiger charge is 2.33. The predicted octanol–water partition coefficient (Wildman–Crippen LogP) is 3.04. The van der Waals surface area contributed by atoms with Crippen molar-refractivity contribution >= 4 is 23.4 Å². The van der Waals surface area contributed by atoms with Crippen LogP contribution in [-0.4, -0.2) is 48.0 Å². The molecule has 0 atom stereocenters. The number of hydrogen-bond donors (Lipinski definition) is 0. The van der Waals surface area contributed by atoms with Crippen LogP contribution in [0.15, 0.2) is 54.6 Å². The van der Waals surface area contributed by atoms with Gasteiger partial charge in [0, 0.05) is 35.3 Å². The molecule has 0 saturated carbocycles. The molecule has 1 aliphatic rings. The molecule has 0 unspecified atom stereocenters. The molecule has 3 rings (SSSR count). The molecule has 6 nitrogen and oxygen atoms in total. The Kier molecular flexibility index (Phi) is 5.73. The molecule has 0 fully saturated rings. The van der Waals surface area contributed by atoms with Crippen molar-refractivity contribution in [2.75, 3.05) is 19.7 Å². The molecule has 0 aromatic heterocycles. The van der Waals surface area contributed by atoms with Crippen LogP contribution in [0.25, 0.3) is 0 Å². The van der Waals surface area contributed by atoms with Crippen LogP contribution in [0.4, 0.5) is 0 Å². The maximum absolute atomic E-state index is 12.9. The van der Waals surface area contributed by atoms with Crippen LogP contribution in [0.5, 0.6) is 0 Å². The summed E-state index contributed by atoms with van der Waals surface area (Å²) in [6.45, 7) is 7.77. The summed E-state index contributed by atoms with van der Waals surface area (Å²) >= 11 is 0. The number of rotatable bonds is 6. The van der Waals surface area contributed by atoms with Gasteiger partial charge in [0.15, 0.2) is 18.2 Å². The molecule has 0 N–H and O–H groups in total. The lowest BCUT2D eigenvalue weighted by Gasteiger charge is -2.21. The van der Waals surface area contributed by atoms with Gasteiger partial charge in [0.1, 0.15) is 0 Å². The first-order chi connectivity index (χ1) is 13.8. The van der Waals surface area contributed by atoms with Gasteiger partial charge in [-0.15, -0.1) is 0 Å². The van der Waals surface area contributed by atoms with E-state index in [2.05, 4.69) is 6.58 Å². The van der Waals surface area contributed by atoms with Gasteiger partial charge in [-0.1, -0.05) is 48.6 Å². The topological polar surface area (TPSA) is 80.8 Å². The molecular weight excluding hydrogens is 370 g/mol. The maximum atomic E-state index is 12.9. The van der Waals surface area contributed by atoms with E-state index in [9.17, 15) is 19.2 Å².